The first-order valence-corrected chi connectivity index (χ1v) is 13.5. The summed E-state index contributed by atoms with van der Waals surface area (Å²) in [7, 11) is 0. The molecule has 0 bridgehead atoms. The number of amidine groups is 1. The molecule has 7 heteroatoms. The Morgan fingerprint density at radius 2 is 1.73 bits per heavy atom. The number of hydrogen-bond donors (Lipinski definition) is 3. The fourth-order valence-electron chi connectivity index (χ4n) is 4.09. The topological polar surface area (TPSA) is 93.5 Å². The van der Waals surface area contributed by atoms with Crippen molar-refractivity contribution < 1.29 is 14.7 Å². The van der Waals surface area contributed by atoms with Crippen molar-refractivity contribution in [2.75, 3.05) is 6.54 Å². The van der Waals surface area contributed by atoms with Crippen molar-refractivity contribution >= 4 is 29.2 Å². The van der Waals surface area contributed by atoms with Gasteiger partial charge in [0.1, 0.15) is 5.84 Å². The molecule has 0 atom stereocenters. The quantitative estimate of drug-likeness (QED) is 0.201. The molecule has 2 amide bonds. The van der Waals surface area contributed by atoms with E-state index in [1.54, 1.807) is 11.3 Å². The maximum atomic E-state index is 12.7. The molecular weight excluding hydrogens is 482 g/mol. The molecule has 0 radical (unpaired) electrons. The fraction of sp³-hybridized carbons (Fsp3) is 0.367. The van der Waals surface area contributed by atoms with Gasteiger partial charge in [0.2, 0.25) is 0 Å². The van der Waals surface area contributed by atoms with E-state index in [-0.39, 0.29) is 17.9 Å². The van der Waals surface area contributed by atoms with E-state index < -0.39 is 5.97 Å². The van der Waals surface area contributed by atoms with Crippen LogP contribution in [0.15, 0.2) is 60.7 Å². The van der Waals surface area contributed by atoms with Crippen LogP contribution in [-0.2, 0) is 29.6 Å². The predicted molar refractivity (Wildman–Crippen MR) is 152 cm³/mol. The molecule has 0 spiro atoms. The van der Waals surface area contributed by atoms with Gasteiger partial charge in [-0.05, 0) is 59.6 Å². The lowest BCUT2D eigenvalue weighted by molar-refractivity contribution is -0.136. The molecule has 0 aliphatic carbocycles. The van der Waals surface area contributed by atoms with E-state index in [0.29, 0.717) is 25.3 Å². The van der Waals surface area contributed by atoms with Gasteiger partial charge in [-0.1, -0.05) is 69.3 Å². The number of benzene rings is 2. The van der Waals surface area contributed by atoms with Crippen molar-refractivity contribution in [2.45, 2.75) is 65.3 Å². The number of thiophene rings is 1. The summed E-state index contributed by atoms with van der Waals surface area (Å²) < 4.78 is 0. The molecule has 0 fully saturated rings. The zero-order valence-corrected chi connectivity index (χ0v) is 23.0. The van der Waals surface area contributed by atoms with Crippen molar-refractivity contribution in [3.63, 3.8) is 0 Å². The van der Waals surface area contributed by atoms with Gasteiger partial charge < -0.3 is 10.4 Å². The lowest BCUT2D eigenvalue weighted by Gasteiger charge is -2.22. The first-order chi connectivity index (χ1) is 17.6. The first kappa shape index (κ1) is 28.1. The third kappa shape index (κ3) is 8.29. The lowest BCUT2D eigenvalue weighted by Crippen LogP contribution is -2.43. The zero-order valence-electron chi connectivity index (χ0n) is 22.1. The van der Waals surface area contributed by atoms with Gasteiger partial charge in [-0.2, -0.15) is 0 Å². The third-order valence-corrected chi connectivity index (χ3v) is 7.66. The smallest absolute Gasteiger partial charge is 0.323 e. The molecule has 0 saturated carbocycles. The molecule has 0 unspecified atom stereocenters. The normalized spacial score (nSPS) is 11.2. The highest BCUT2D eigenvalue weighted by Gasteiger charge is 2.18. The van der Waals surface area contributed by atoms with E-state index in [0.717, 1.165) is 40.0 Å². The van der Waals surface area contributed by atoms with Crippen molar-refractivity contribution in [1.29, 1.82) is 5.41 Å². The Hall–Kier alpha value is -3.45. The van der Waals surface area contributed by atoms with Crippen molar-refractivity contribution in [1.82, 2.24) is 10.2 Å². The van der Waals surface area contributed by atoms with Gasteiger partial charge in [-0.25, -0.2) is 4.79 Å². The molecule has 196 valence electrons. The van der Waals surface area contributed by atoms with Crippen LogP contribution in [0.3, 0.4) is 0 Å². The largest absolute Gasteiger partial charge is 0.481 e. The number of carbonyl (C=O) groups excluding carboxylic acids is 1. The molecule has 3 N–H and O–H groups in total. The van der Waals surface area contributed by atoms with Crippen LogP contribution in [0.4, 0.5) is 4.79 Å². The number of carbonyl (C=O) groups is 2. The number of carboxylic acid groups (broad SMARTS) is 1. The summed E-state index contributed by atoms with van der Waals surface area (Å²) in [6, 6.07) is 19.8. The number of aryl methyl sites for hydroxylation is 1. The summed E-state index contributed by atoms with van der Waals surface area (Å²) in [4.78, 5) is 27.6. The Morgan fingerprint density at radius 3 is 2.35 bits per heavy atom. The molecule has 0 aliphatic heterocycles. The molecule has 3 rings (SSSR count). The average molecular weight is 520 g/mol. The van der Waals surface area contributed by atoms with E-state index in [9.17, 15) is 9.59 Å². The van der Waals surface area contributed by atoms with Crippen LogP contribution in [0.25, 0.3) is 11.1 Å². The van der Waals surface area contributed by atoms with E-state index >= 15 is 0 Å². The Kier molecular flexibility index (Phi) is 9.64. The molecule has 3 aromatic rings. The van der Waals surface area contributed by atoms with Gasteiger partial charge in [0, 0.05) is 22.7 Å². The Morgan fingerprint density at radius 1 is 1.00 bits per heavy atom. The second-order valence-electron chi connectivity index (χ2n) is 10.2. The van der Waals surface area contributed by atoms with Crippen LogP contribution in [-0.4, -0.2) is 34.4 Å². The van der Waals surface area contributed by atoms with Crippen LogP contribution in [0.5, 0.6) is 0 Å². The third-order valence-electron chi connectivity index (χ3n) is 6.15. The molecule has 1 heterocycles. The van der Waals surface area contributed by atoms with Crippen molar-refractivity contribution in [3.8, 4) is 11.1 Å². The Balaban J connectivity index is 1.48. The van der Waals surface area contributed by atoms with Gasteiger partial charge in [0.05, 0.1) is 13.0 Å². The Bertz CT molecular complexity index is 1230. The van der Waals surface area contributed by atoms with E-state index in [1.165, 1.54) is 9.78 Å². The lowest BCUT2D eigenvalue weighted by atomic mass is 9.95. The molecule has 6 nitrogen and oxygen atoms in total. The summed E-state index contributed by atoms with van der Waals surface area (Å²) in [6.07, 6.45) is 2.12. The second kappa shape index (κ2) is 12.7. The van der Waals surface area contributed by atoms with Gasteiger partial charge in [0.25, 0.3) is 0 Å². The maximum absolute atomic E-state index is 12.7. The fourth-order valence-corrected chi connectivity index (χ4v) is 5.09. The van der Waals surface area contributed by atoms with Crippen molar-refractivity contribution in [2.24, 2.45) is 0 Å². The van der Waals surface area contributed by atoms with Crippen LogP contribution in [0.1, 0.15) is 61.4 Å². The molecule has 2 aromatic carbocycles. The van der Waals surface area contributed by atoms with Gasteiger partial charge in [-0.3, -0.25) is 15.1 Å². The van der Waals surface area contributed by atoms with E-state index in [1.807, 2.05) is 43.3 Å². The number of carboxylic acids is 1. The number of amides is 2. The number of urea groups is 1. The minimum Gasteiger partial charge on any atom is -0.481 e. The van der Waals surface area contributed by atoms with Crippen molar-refractivity contribution in [3.05, 3.63) is 81.5 Å². The zero-order chi connectivity index (χ0) is 27.0. The molecule has 0 saturated heterocycles. The molecule has 0 aliphatic rings. The number of nitrogens with zero attached hydrogens (tertiary/aromatic N) is 1. The summed E-state index contributed by atoms with van der Waals surface area (Å²) in [5, 5.41) is 20.4. The average Bonchev–Trinajstić information content (AvgIpc) is 3.33. The van der Waals surface area contributed by atoms with Crippen LogP contribution >= 0.6 is 11.3 Å². The van der Waals surface area contributed by atoms with Crippen LogP contribution in [0.2, 0.25) is 0 Å². The van der Waals surface area contributed by atoms with Crippen LogP contribution < -0.4 is 5.32 Å². The number of nitrogens with one attached hydrogen (secondary N) is 2. The number of hydrogen-bond acceptors (Lipinski definition) is 4. The summed E-state index contributed by atoms with van der Waals surface area (Å²) in [5.41, 5.74) is 4.07. The molecular formula is C30H37N3O3S. The summed E-state index contributed by atoms with van der Waals surface area (Å²) in [5.74, 6) is -0.511. The monoisotopic (exact) mass is 519 g/mol. The SMILES string of the molecule is CCN(C(=N)CCCc1ccc(-c2cccc(CC(=O)O)c2)cc1)C(=O)NCc1ccc(C(C)(C)C)s1. The van der Waals surface area contributed by atoms with Gasteiger partial charge in [-0.15, -0.1) is 11.3 Å². The predicted octanol–water partition coefficient (Wildman–Crippen LogP) is 6.87. The van der Waals surface area contributed by atoms with Gasteiger partial charge >= 0.3 is 12.0 Å². The minimum atomic E-state index is -0.839. The highest BCUT2D eigenvalue weighted by Crippen LogP contribution is 2.29. The first-order valence-electron chi connectivity index (χ1n) is 12.7. The highest BCUT2D eigenvalue weighted by molar-refractivity contribution is 7.12. The number of rotatable bonds is 10. The standard InChI is InChI=1S/C30H37N3O3S/c1-5-33(29(36)32-20-25-16-17-26(37-25)30(2,3)4)27(31)11-7-8-21-12-14-23(15-13-21)24-10-6-9-22(18-24)19-28(34)35/h6,9-10,12-18,31H,5,7-8,11,19-20H2,1-4H3,(H,32,36)(H,34,35). The van der Waals surface area contributed by atoms with E-state index in [4.69, 9.17) is 10.5 Å². The van der Waals surface area contributed by atoms with Gasteiger partial charge in [0.15, 0.2) is 0 Å². The van der Waals surface area contributed by atoms with Crippen LogP contribution in [0, 0.1) is 5.41 Å². The summed E-state index contributed by atoms with van der Waals surface area (Å²) >= 11 is 1.71. The molecule has 1 aromatic heterocycles. The number of aliphatic carboxylic acids is 1. The summed E-state index contributed by atoms with van der Waals surface area (Å²) in [6.45, 7) is 9.35. The Labute approximate surface area is 223 Å². The second-order valence-corrected chi connectivity index (χ2v) is 11.4. The minimum absolute atomic E-state index is 0.0108. The maximum Gasteiger partial charge on any atom is 0.323 e. The highest BCUT2D eigenvalue weighted by atomic mass is 32.1. The molecule has 37 heavy (non-hydrogen) atoms. The van der Waals surface area contributed by atoms with E-state index in [2.05, 4.69) is 50.4 Å².